The second-order valence-electron chi connectivity index (χ2n) is 5.00. The molecule has 1 fully saturated rings. The molecule has 0 bridgehead atoms. The van der Waals surface area contributed by atoms with Gasteiger partial charge in [-0.15, -0.1) is 0 Å². The summed E-state index contributed by atoms with van der Waals surface area (Å²) in [6.07, 6.45) is 1.63. The Kier molecular flexibility index (Phi) is 4.74. The van der Waals surface area contributed by atoms with Crippen molar-refractivity contribution in [1.82, 2.24) is 15.6 Å². The number of carbonyl (C=O) groups is 2. The number of nitrogens with one attached hydrogen (secondary N) is 2. The highest BCUT2D eigenvalue weighted by Crippen LogP contribution is 2.23. The molecule has 2 rings (SSSR count). The molecule has 1 aromatic rings. The topological polar surface area (TPSA) is 100 Å². The minimum atomic E-state index is -0.524. The van der Waals surface area contributed by atoms with Crippen molar-refractivity contribution < 1.29 is 9.59 Å². The Morgan fingerprint density at radius 2 is 2.33 bits per heavy atom. The van der Waals surface area contributed by atoms with Crippen molar-refractivity contribution in [3.63, 3.8) is 0 Å². The predicted octanol–water partition coefficient (Wildman–Crippen LogP) is -0.597. The van der Waals surface area contributed by atoms with Gasteiger partial charge >= 0.3 is 0 Å². The van der Waals surface area contributed by atoms with Crippen molar-refractivity contribution in [2.75, 3.05) is 31.1 Å². The maximum Gasteiger partial charge on any atom is 0.252 e. The number of hydrogen-bond acceptors (Lipinski definition) is 5. The van der Waals surface area contributed by atoms with Crippen LogP contribution in [0.2, 0.25) is 0 Å². The first kappa shape index (κ1) is 15.2. The van der Waals surface area contributed by atoms with Gasteiger partial charge in [0.15, 0.2) is 0 Å². The molecular weight excluding hydrogens is 270 g/mol. The van der Waals surface area contributed by atoms with Gasteiger partial charge in [-0.1, -0.05) is 0 Å². The van der Waals surface area contributed by atoms with E-state index in [-0.39, 0.29) is 5.91 Å². The molecule has 4 N–H and O–H groups in total. The SMILES string of the molecule is CCNC(=O)C1CNCCN1c1nccc(C)c1C(N)=O. The number of likely N-dealkylation sites (N-methyl/N-ethyl adjacent to an activating group) is 1. The zero-order valence-electron chi connectivity index (χ0n) is 12.3. The van der Waals surface area contributed by atoms with Gasteiger partial charge in [0.05, 0.1) is 5.56 Å². The van der Waals surface area contributed by atoms with E-state index < -0.39 is 11.9 Å². The van der Waals surface area contributed by atoms with Gasteiger partial charge in [-0.2, -0.15) is 0 Å². The lowest BCUT2D eigenvalue weighted by Gasteiger charge is -2.36. The first-order valence-electron chi connectivity index (χ1n) is 7.06. The third-order valence-electron chi connectivity index (χ3n) is 3.55. The number of primary amides is 1. The van der Waals surface area contributed by atoms with Gasteiger partial charge in [0.2, 0.25) is 5.91 Å². The highest BCUT2D eigenvalue weighted by molar-refractivity contribution is 6.00. The van der Waals surface area contributed by atoms with Crippen LogP contribution in [0.4, 0.5) is 5.82 Å². The Hall–Kier alpha value is -2.15. The molecule has 21 heavy (non-hydrogen) atoms. The second kappa shape index (κ2) is 6.53. The lowest BCUT2D eigenvalue weighted by molar-refractivity contribution is -0.122. The van der Waals surface area contributed by atoms with E-state index in [1.54, 1.807) is 12.3 Å². The van der Waals surface area contributed by atoms with Gasteiger partial charge in [-0.3, -0.25) is 9.59 Å². The highest BCUT2D eigenvalue weighted by Gasteiger charge is 2.31. The molecule has 0 saturated carbocycles. The van der Waals surface area contributed by atoms with Crippen LogP contribution in [0.25, 0.3) is 0 Å². The number of piperazine rings is 1. The average Bonchev–Trinajstić information content (AvgIpc) is 2.47. The van der Waals surface area contributed by atoms with Gasteiger partial charge < -0.3 is 21.3 Å². The quantitative estimate of drug-likeness (QED) is 0.688. The summed E-state index contributed by atoms with van der Waals surface area (Å²) in [5, 5.41) is 6.00. The fourth-order valence-corrected chi connectivity index (χ4v) is 2.55. The Morgan fingerprint density at radius 3 is 3.00 bits per heavy atom. The van der Waals surface area contributed by atoms with Crippen LogP contribution in [0.1, 0.15) is 22.8 Å². The number of carbonyl (C=O) groups excluding carboxylic acids is 2. The summed E-state index contributed by atoms with van der Waals surface area (Å²) in [5.74, 6) is -0.118. The number of rotatable bonds is 4. The number of aryl methyl sites for hydroxylation is 1. The summed E-state index contributed by atoms with van der Waals surface area (Å²) in [7, 11) is 0. The molecule has 0 radical (unpaired) electrons. The summed E-state index contributed by atoms with van der Waals surface area (Å²) < 4.78 is 0. The maximum absolute atomic E-state index is 12.2. The predicted molar refractivity (Wildman–Crippen MR) is 80.2 cm³/mol. The molecule has 114 valence electrons. The molecule has 1 atom stereocenters. The molecule has 1 aromatic heterocycles. The van der Waals surface area contributed by atoms with Crippen molar-refractivity contribution in [3.05, 3.63) is 23.4 Å². The van der Waals surface area contributed by atoms with Crippen LogP contribution in [-0.2, 0) is 4.79 Å². The van der Waals surface area contributed by atoms with Crippen LogP contribution >= 0.6 is 0 Å². The Bertz CT molecular complexity index is 546. The molecule has 7 nitrogen and oxygen atoms in total. The van der Waals surface area contributed by atoms with Crippen molar-refractivity contribution in [2.45, 2.75) is 19.9 Å². The van der Waals surface area contributed by atoms with E-state index in [2.05, 4.69) is 15.6 Å². The maximum atomic E-state index is 12.2. The minimum absolute atomic E-state index is 0.0802. The molecule has 1 saturated heterocycles. The summed E-state index contributed by atoms with van der Waals surface area (Å²) in [6, 6.07) is 1.35. The van der Waals surface area contributed by atoms with Gasteiger partial charge in [0.1, 0.15) is 11.9 Å². The largest absolute Gasteiger partial charge is 0.365 e. The molecule has 2 amide bonds. The van der Waals surface area contributed by atoms with Gasteiger partial charge in [0, 0.05) is 32.4 Å². The Labute approximate surface area is 123 Å². The molecular formula is C14H21N5O2. The van der Waals surface area contributed by atoms with E-state index in [1.165, 1.54) is 0 Å². The van der Waals surface area contributed by atoms with Crippen LogP contribution in [-0.4, -0.2) is 49.0 Å². The average molecular weight is 291 g/mol. The normalized spacial score (nSPS) is 18.4. The number of aromatic nitrogens is 1. The number of hydrogen-bond donors (Lipinski definition) is 3. The summed E-state index contributed by atoms with van der Waals surface area (Å²) >= 11 is 0. The second-order valence-corrected chi connectivity index (χ2v) is 5.00. The minimum Gasteiger partial charge on any atom is -0.365 e. The van der Waals surface area contributed by atoms with Gasteiger partial charge in [-0.25, -0.2) is 4.98 Å². The van der Waals surface area contributed by atoms with Crippen LogP contribution in [0.5, 0.6) is 0 Å². The molecule has 0 aliphatic carbocycles. The molecule has 0 spiro atoms. The summed E-state index contributed by atoms with van der Waals surface area (Å²) in [5.41, 5.74) is 6.63. The molecule has 2 heterocycles. The van der Waals surface area contributed by atoms with Crippen molar-refractivity contribution in [2.24, 2.45) is 5.73 Å². The molecule has 0 aromatic carbocycles. The monoisotopic (exact) mass is 291 g/mol. The van der Waals surface area contributed by atoms with Gasteiger partial charge in [-0.05, 0) is 25.5 Å². The van der Waals surface area contributed by atoms with Crippen LogP contribution in [0.15, 0.2) is 12.3 Å². The Morgan fingerprint density at radius 1 is 1.57 bits per heavy atom. The first-order chi connectivity index (χ1) is 10.1. The first-order valence-corrected chi connectivity index (χ1v) is 7.06. The number of nitrogens with two attached hydrogens (primary N) is 1. The molecule has 1 aliphatic heterocycles. The number of pyridine rings is 1. The van der Waals surface area contributed by atoms with Crippen molar-refractivity contribution in [3.8, 4) is 0 Å². The fraction of sp³-hybridized carbons (Fsp3) is 0.500. The van der Waals surface area contributed by atoms with Crippen LogP contribution < -0.4 is 21.3 Å². The van der Waals surface area contributed by atoms with Crippen LogP contribution in [0.3, 0.4) is 0 Å². The van der Waals surface area contributed by atoms with Gasteiger partial charge in [0.25, 0.3) is 5.91 Å². The summed E-state index contributed by atoms with van der Waals surface area (Å²) in [6.45, 7) is 6.09. The zero-order chi connectivity index (χ0) is 15.4. The van der Waals surface area contributed by atoms with Crippen molar-refractivity contribution >= 4 is 17.6 Å². The number of nitrogens with zero attached hydrogens (tertiary/aromatic N) is 2. The van der Waals surface area contributed by atoms with Crippen LogP contribution in [0, 0.1) is 6.92 Å². The number of anilines is 1. The van der Waals surface area contributed by atoms with E-state index in [0.29, 0.717) is 31.0 Å². The molecule has 1 aliphatic rings. The van der Waals surface area contributed by atoms with E-state index in [4.69, 9.17) is 5.73 Å². The third-order valence-corrected chi connectivity index (χ3v) is 3.55. The summed E-state index contributed by atoms with van der Waals surface area (Å²) in [4.78, 5) is 30.1. The number of amides is 2. The standard InChI is InChI=1S/C14H21N5O2/c1-3-17-14(21)10-8-16-6-7-19(10)13-11(12(15)20)9(2)4-5-18-13/h4-5,10,16H,3,6-8H2,1-2H3,(H2,15,20)(H,17,21). The van der Waals surface area contributed by atoms with Crippen molar-refractivity contribution in [1.29, 1.82) is 0 Å². The molecule has 7 heteroatoms. The third kappa shape index (κ3) is 3.13. The Balaban J connectivity index is 2.40. The molecule has 1 unspecified atom stereocenters. The van der Waals surface area contributed by atoms with E-state index in [1.807, 2.05) is 18.7 Å². The zero-order valence-corrected chi connectivity index (χ0v) is 12.3. The highest BCUT2D eigenvalue weighted by atomic mass is 16.2. The van der Waals surface area contributed by atoms with E-state index >= 15 is 0 Å². The van der Waals surface area contributed by atoms with E-state index in [9.17, 15) is 9.59 Å². The fourth-order valence-electron chi connectivity index (χ4n) is 2.55. The smallest absolute Gasteiger partial charge is 0.252 e. The lowest BCUT2D eigenvalue weighted by Crippen LogP contribution is -2.58. The van der Waals surface area contributed by atoms with E-state index in [0.717, 1.165) is 12.1 Å². The lowest BCUT2D eigenvalue weighted by atomic mass is 10.1.